The van der Waals surface area contributed by atoms with E-state index >= 15 is 0 Å². The predicted octanol–water partition coefficient (Wildman–Crippen LogP) is 0.668. The zero-order chi connectivity index (χ0) is 13.1. The lowest BCUT2D eigenvalue weighted by Gasteiger charge is -2.07. The first kappa shape index (κ1) is 11.7. The van der Waals surface area contributed by atoms with Gasteiger partial charge in [0.25, 0.3) is 5.56 Å². The number of hydrogen-bond donors (Lipinski definition) is 2. The second-order valence-corrected chi connectivity index (χ2v) is 3.59. The molecule has 0 aliphatic carbocycles. The van der Waals surface area contributed by atoms with Crippen LogP contribution in [0.5, 0.6) is 0 Å². The molecule has 90 valence electrons. The standard InChI is InChI=1S/C12H9N3O3/c13-6-8-5-9(14-7-11(16)17)12(18)15-4-2-1-3-10(8)15/h1-5,14H,7H2,(H,16,17). The Morgan fingerprint density at radius 2 is 2.28 bits per heavy atom. The SMILES string of the molecule is N#Cc1cc(NCC(=O)O)c(=O)n2ccccc12. The molecule has 0 aliphatic heterocycles. The number of anilines is 1. The van der Waals surface area contributed by atoms with Crippen LogP contribution in [0, 0.1) is 11.3 Å². The molecule has 0 atom stereocenters. The molecule has 0 aromatic carbocycles. The van der Waals surface area contributed by atoms with E-state index in [0.29, 0.717) is 11.1 Å². The molecule has 0 spiro atoms. The fraction of sp³-hybridized carbons (Fsp3) is 0.0833. The third-order valence-corrected chi connectivity index (χ3v) is 2.42. The first-order chi connectivity index (χ1) is 8.63. The van der Waals surface area contributed by atoms with Gasteiger partial charge in [-0.3, -0.25) is 14.0 Å². The average molecular weight is 243 g/mol. The van der Waals surface area contributed by atoms with E-state index in [1.807, 2.05) is 6.07 Å². The number of carboxylic acid groups (broad SMARTS) is 1. The van der Waals surface area contributed by atoms with Crippen LogP contribution in [0.15, 0.2) is 35.3 Å². The molecule has 0 unspecified atom stereocenters. The second kappa shape index (κ2) is 4.59. The van der Waals surface area contributed by atoms with Crippen molar-refractivity contribution < 1.29 is 9.90 Å². The highest BCUT2D eigenvalue weighted by Gasteiger charge is 2.09. The van der Waals surface area contributed by atoms with Crippen LogP contribution in [0.4, 0.5) is 5.69 Å². The molecule has 6 heteroatoms. The molecular weight excluding hydrogens is 234 g/mol. The number of nitrogens with zero attached hydrogens (tertiary/aromatic N) is 2. The molecule has 18 heavy (non-hydrogen) atoms. The molecule has 2 rings (SSSR count). The summed E-state index contributed by atoms with van der Waals surface area (Å²) < 4.78 is 1.31. The van der Waals surface area contributed by atoms with E-state index in [1.54, 1.807) is 18.2 Å². The van der Waals surface area contributed by atoms with E-state index in [0.717, 1.165) is 0 Å². The van der Waals surface area contributed by atoms with Crippen LogP contribution in [-0.2, 0) is 4.79 Å². The summed E-state index contributed by atoms with van der Waals surface area (Å²) in [6, 6.07) is 8.38. The largest absolute Gasteiger partial charge is 0.480 e. The molecule has 0 radical (unpaired) electrons. The van der Waals surface area contributed by atoms with Crippen molar-refractivity contribution in [3.63, 3.8) is 0 Å². The van der Waals surface area contributed by atoms with Crippen molar-refractivity contribution in [1.82, 2.24) is 4.40 Å². The van der Waals surface area contributed by atoms with Gasteiger partial charge in [0.05, 0.1) is 11.1 Å². The molecule has 6 nitrogen and oxygen atoms in total. The van der Waals surface area contributed by atoms with Crippen LogP contribution in [-0.4, -0.2) is 22.0 Å². The van der Waals surface area contributed by atoms with Crippen LogP contribution in [0.1, 0.15) is 5.56 Å². The zero-order valence-corrected chi connectivity index (χ0v) is 9.25. The van der Waals surface area contributed by atoms with Crippen molar-refractivity contribution in [1.29, 1.82) is 5.26 Å². The van der Waals surface area contributed by atoms with Gasteiger partial charge < -0.3 is 10.4 Å². The number of nitriles is 1. The molecule has 0 saturated heterocycles. The van der Waals surface area contributed by atoms with E-state index < -0.39 is 5.97 Å². The van der Waals surface area contributed by atoms with E-state index in [2.05, 4.69) is 5.32 Å². The number of fused-ring (bicyclic) bond motifs is 1. The highest BCUT2D eigenvalue weighted by Crippen LogP contribution is 2.11. The number of carboxylic acids is 1. The first-order valence-corrected chi connectivity index (χ1v) is 5.13. The third-order valence-electron chi connectivity index (χ3n) is 2.42. The van der Waals surface area contributed by atoms with Crippen LogP contribution < -0.4 is 10.9 Å². The van der Waals surface area contributed by atoms with Crippen LogP contribution >= 0.6 is 0 Å². The van der Waals surface area contributed by atoms with Gasteiger partial charge in [-0.15, -0.1) is 0 Å². The molecule has 0 amide bonds. The lowest BCUT2D eigenvalue weighted by molar-refractivity contribution is -0.134. The van der Waals surface area contributed by atoms with Gasteiger partial charge in [0.15, 0.2) is 0 Å². The van der Waals surface area contributed by atoms with Crippen LogP contribution in [0.3, 0.4) is 0 Å². The van der Waals surface area contributed by atoms with Crippen molar-refractivity contribution in [3.8, 4) is 6.07 Å². The number of aromatic nitrogens is 1. The Hall–Kier alpha value is -2.81. The smallest absolute Gasteiger partial charge is 0.322 e. The highest BCUT2D eigenvalue weighted by atomic mass is 16.4. The number of carbonyl (C=O) groups is 1. The summed E-state index contributed by atoms with van der Waals surface area (Å²) in [7, 11) is 0. The Labute approximate surface area is 102 Å². The van der Waals surface area contributed by atoms with Crippen LogP contribution in [0.25, 0.3) is 5.52 Å². The normalized spacial score (nSPS) is 9.94. The fourth-order valence-corrected chi connectivity index (χ4v) is 1.64. The molecule has 0 aliphatic rings. The maximum Gasteiger partial charge on any atom is 0.322 e. The monoisotopic (exact) mass is 243 g/mol. The first-order valence-electron chi connectivity index (χ1n) is 5.13. The summed E-state index contributed by atoms with van der Waals surface area (Å²) in [6.07, 6.45) is 1.53. The van der Waals surface area contributed by atoms with E-state index in [9.17, 15) is 9.59 Å². The van der Waals surface area contributed by atoms with Gasteiger partial charge in [-0.1, -0.05) is 6.07 Å². The van der Waals surface area contributed by atoms with Crippen molar-refractivity contribution in [3.05, 3.63) is 46.4 Å². The Kier molecular flexibility index (Phi) is 2.98. The van der Waals surface area contributed by atoms with Gasteiger partial charge in [0, 0.05) is 6.20 Å². The molecule has 2 aromatic rings. The van der Waals surface area contributed by atoms with E-state index in [-0.39, 0.29) is 17.8 Å². The number of aliphatic carboxylic acids is 1. The lowest BCUT2D eigenvalue weighted by atomic mass is 10.2. The summed E-state index contributed by atoms with van der Waals surface area (Å²) >= 11 is 0. The molecule has 2 N–H and O–H groups in total. The van der Waals surface area contributed by atoms with Gasteiger partial charge >= 0.3 is 5.97 Å². The summed E-state index contributed by atoms with van der Waals surface area (Å²) in [6.45, 7) is -0.376. The summed E-state index contributed by atoms with van der Waals surface area (Å²) in [5.41, 5.74) is 0.512. The molecule has 2 aromatic heterocycles. The Morgan fingerprint density at radius 1 is 1.50 bits per heavy atom. The Morgan fingerprint density at radius 3 is 2.94 bits per heavy atom. The molecule has 2 heterocycles. The Bertz CT molecular complexity index is 713. The molecule has 0 fully saturated rings. The maximum absolute atomic E-state index is 12.0. The van der Waals surface area contributed by atoms with Crippen molar-refractivity contribution in [2.45, 2.75) is 0 Å². The quantitative estimate of drug-likeness (QED) is 0.826. The lowest BCUT2D eigenvalue weighted by Crippen LogP contribution is -2.22. The van der Waals surface area contributed by atoms with Gasteiger partial charge in [0.2, 0.25) is 0 Å². The van der Waals surface area contributed by atoms with Gasteiger partial charge in [0.1, 0.15) is 18.3 Å². The second-order valence-electron chi connectivity index (χ2n) is 3.59. The summed E-state index contributed by atoms with van der Waals surface area (Å²) in [5.74, 6) is -1.08. The Balaban J connectivity index is 2.63. The topological polar surface area (TPSA) is 94.6 Å². The summed E-state index contributed by atoms with van der Waals surface area (Å²) in [4.78, 5) is 22.5. The van der Waals surface area contributed by atoms with Gasteiger partial charge in [-0.2, -0.15) is 5.26 Å². The van der Waals surface area contributed by atoms with Crippen LogP contribution in [0.2, 0.25) is 0 Å². The molecule has 0 saturated carbocycles. The number of nitrogens with one attached hydrogen (secondary N) is 1. The molecule has 0 bridgehead atoms. The zero-order valence-electron chi connectivity index (χ0n) is 9.25. The molecular formula is C12H9N3O3. The van der Waals surface area contributed by atoms with E-state index in [1.165, 1.54) is 16.7 Å². The van der Waals surface area contributed by atoms with Crippen molar-refractivity contribution in [2.75, 3.05) is 11.9 Å². The van der Waals surface area contributed by atoms with Gasteiger partial charge in [-0.05, 0) is 18.2 Å². The number of rotatable bonds is 3. The minimum atomic E-state index is -1.08. The average Bonchev–Trinajstić information content (AvgIpc) is 2.38. The maximum atomic E-state index is 12.0. The number of pyridine rings is 2. The van der Waals surface area contributed by atoms with E-state index in [4.69, 9.17) is 10.4 Å². The van der Waals surface area contributed by atoms with Crippen molar-refractivity contribution >= 4 is 17.2 Å². The fourth-order valence-electron chi connectivity index (χ4n) is 1.64. The third kappa shape index (κ3) is 2.01. The minimum Gasteiger partial charge on any atom is -0.480 e. The minimum absolute atomic E-state index is 0.0950. The predicted molar refractivity (Wildman–Crippen MR) is 64.5 cm³/mol. The highest BCUT2D eigenvalue weighted by molar-refractivity contribution is 5.73. The number of hydrogen-bond acceptors (Lipinski definition) is 4. The van der Waals surface area contributed by atoms with Gasteiger partial charge in [-0.25, -0.2) is 0 Å². The van der Waals surface area contributed by atoms with Crippen molar-refractivity contribution in [2.24, 2.45) is 0 Å². The summed E-state index contributed by atoms with van der Waals surface area (Å²) in [5, 5.41) is 20.1.